The van der Waals surface area contributed by atoms with Crippen LogP contribution in [-0.4, -0.2) is 21.8 Å². The minimum atomic E-state index is -0.681. The van der Waals surface area contributed by atoms with Crippen molar-refractivity contribution in [2.75, 3.05) is 0 Å². The van der Waals surface area contributed by atoms with Gasteiger partial charge in [-0.2, -0.15) is 0 Å². The molecule has 88 valence electrons. The fourth-order valence-corrected chi connectivity index (χ4v) is 2.15. The number of aromatic nitrogens is 1. The van der Waals surface area contributed by atoms with Gasteiger partial charge in [0, 0.05) is 17.6 Å². The van der Waals surface area contributed by atoms with E-state index < -0.39 is 5.60 Å². The summed E-state index contributed by atoms with van der Waals surface area (Å²) in [4.78, 5) is 4.29. The van der Waals surface area contributed by atoms with Gasteiger partial charge in [0.05, 0.1) is 11.1 Å². The van der Waals surface area contributed by atoms with Gasteiger partial charge in [-0.05, 0) is 38.0 Å². The van der Waals surface area contributed by atoms with E-state index in [2.05, 4.69) is 4.98 Å². The Hall–Kier alpha value is -1.61. The first-order chi connectivity index (χ1) is 8.15. The average Bonchev–Trinajstić information content (AvgIpc) is 2.34. The fraction of sp³-hybridized carbons (Fsp3) is 0.357. The third-order valence-corrected chi connectivity index (χ3v) is 3.46. The number of fused-ring (bicyclic) bond motifs is 1. The van der Waals surface area contributed by atoms with Crippen molar-refractivity contribution < 1.29 is 9.84 Å². The quantitative estimate of drug-likeness (QED) is 0.860. The van der Waals surface area contributed by atoms with E-state index in [9.17, 15) is 5.11 Å². The predicted molar refractivity (Wildman–Crippen MR) is 66.0 cm³/mol. The molecule has 0 saturated heterocycles. The first-order valence-corrected chi connectivity index (χ1v) is 5.89. The molecule has 0 amide bonds. The predicted octanol–water partition coefficient (Wildman–Crippen LogP) is 2.53. The number of hydrogen-bond acceptors (Lipinski definition) is 3. The van der Waals surface area contributed by atoms with Crippen molar-refractivity contribution in [1.29, 1.82) is 0 Å². The number of pyridine rings is 1. The molecule has 1 aliphatic carbocycles. The van der Waals surface area contributed by atoms with Gasteiger partial charge in [0.15, 0.2) is 0 Å². The summed E-state index contributed by atoms with van der Waals surface area (Å²) < 4.78 is 5.78. The van der Waals surface area contributed by atoms with E-state index >= 15 is 0 Å². The summed E-state index contributed by atoms with van der Waals surface area (Å²) in [5.41, 5.74) is 0.239. The lowest BCUT2D eigenvalue weighted by atomic mass is 9.78. The second-order valence-electron chi connectivity index (χ2n) is 4.86. The SMILES string of the molecule is C[C@]1(O)CC[C@@H]1Oc1ccc2cccnc2c1. The molecule has 1 N–H and O–H groups in total. The molecule has 1 aliphatic rings. The smallest absolute Gasteiger partial charge is 0.127 e. The summed E-state index contributed by atoms with van der Waals surface area (Å²) >= 11 is 0. The number of hydrogen-bond donors (Lipinski definition) is 1. The molecular formula is C14H15NO2. The highest BCUT2D eigenvalue weighted by atomic mass is 16.5. The van der Waals surface area contributed by atoms with Crippen LogP contribution in [-0.2, 0) is 0 Å². The molecule has 1 aromatic heterocycles. The van der Waals surface area contributed by atoms with Gasteiger partial charge in [0.2, 0.25) is 0 Å². The summed E-state index contributed by atoms with van der Waals surface area (Å²) in [5.74, 6) is 0.779. The van der Waals surface area contributed by atoms with Crippen molar-refractivity contribution in [3.05, 3.63) is 36.5 Å². The Kier molecular flexibility index (Phi) is 2.30. The Balaban J connectivity index is 1.86. The van der Waals surface area contributed by atoms with Gasteiger partial charge >= 0.3 is 0 Å². The minimum Gasteiger partial charge on any atom is -0.487 e. The second kappa shape index (κ2) is 3.70. The molecule has 0 unspecified atom stereocenters. The second-order valence-corrected chi connectivity index (χ2v) is 4.86. The maximum Gasteiger partial charge on any atom is 0.127 e. The molecule has 1 fully saturated rings. The Morgan fingerprint density at radius 3 is 3.00 bits per heavy atom. The Morgan fingerprint density at radius 2 is 2.29 bits per heavy atom. The van der Waals surface area contributed by atoms with Gasteiger partial charge in [0.1, 0.15) is 11.9 Å². The molecule has 0 bridgehead atoms. The third kappa shape index (κ3) is 1.87. The molecule has 0 aliphatic heterocycles. The molecule has 17 heavy (non-hydrogen) atoms. The van der Waals surface area contributed by atoms with Gasteiger partial charge in [-0.15, -0.1) is 0 Å². The lowest BCUT2D eigenvalue weighted by molar-refractivity contribution is -0.118. The summed E-state index contributed by atoms with van der Waals surface area (Å²) in [6, 6.07) is 9.78. The monoisotopic (exact) mass is 229 g/mol. The van der Waals surface area contributed by atoms with Gasteiger partial charge in [0.25, 0.3) is 0 Å². The number of rotatable bonds is 2. The standard InChI is InChI=1S/C14H15NO2/c1-14(16)7-6-13(14)17-11-5-4-10-3-2-8-15-12(10)9-11/h2-5,8-9,13,16H,6-7H2,1H3/t13-,14-/m0/s1. The molecule has 2 aromatic rings. The van der Waals surface area contributed by atoms with Crippen LogP contribution in [0.15, 0.2) is 36.5 Å². The summed E-state index contributed by atoms with van der Waals surface area (Å²) in [7, 11) is 0. The zero-order chi connectivity index (χ0) is 11.9. The molecule has 0 radical (unpaired) electrons. The highest BCUT2D eigenvalue weighted by Gasteiger charge is 2.42. The van der Waals surface area contributed by atoms with E-state index in [1.807, 2.05) is 37.3 Å². The molecular weight excluding hydrogens is 214 g/mol. The van der Waals surface area contributed by atoms with E-state index in [4.69, 9.17) is 4.74 Å². The largest absolute Gasteiger partial charge is 0.487 e. The topological polar surface area (TPSA) is 42.4 Å². The van der Waals surface area contributed by atoms with Crippen LogP contribution in [0.5, 0.6) is 5.75 Å². The van der Waals surface area contributed by atoms with Crippen LogP contribution in [0, 0.1) is 0 Å². The number of ether oxygens (including phenoxy) is 1. The Bertz CT molecular complexity index is 551. The zero-order valence-corrected chi connectivity index (χ0v) is 9.76. The highest BCUT2D eigenvalue weighted by molar-refractivity contribution is 5.79. The lowest BCUT2D eigenvalue weighted by Gasteiger charge is -2.42. The summed E-state index contributed by atoms with van der Waals surface area (Å²) in [6.07, 6.45) is 3.39. The van der Waals surface area contributed by atoms with Crippen molar-refractivity contribution >= 4 is 10.9 Å². The van der Waals surface area contributed by atoms with E-state index in [1.165, 1.54) is 0 Å². The van der Waals surface area contributed by atoms with Crippen LogP contribution >= 0.6 is 0 Å². The summed E-state index contributed by atoms with van der Waals surface area (Å²) in [5, 5.41) is 11.0. The van der Waals surface area contributed by atoms with Crippen molar-refractivity contribution in [3.8, 4) is 5.75 Å². The van der Waals surface area contributed by atoms with Crippen LogP contribution in [0.25, 0.3) is 10.9 Å². The van der Waals surface area contributed by atoms with Gasteiger partial charge in [-0.3, -0.25) is 4.98 Å². The maximum absolute atomic E-state index is 9.91. The normalized spacial score (nSPS) is 27.8. The number of nitrogens with zero attached hydrogens (tertiary/aromatic N) is 1. The average molecular weight is 229 g/mol. The summed E-state index contributed by atoms with van der Waals surface area (Å²) in [6.45, 7) is 1.82. The van der Waals surface area contributed by atoms with Crippen molar-refractivity contribution in [2.24, 2.45) is 0 Å². The molecule has 3 rings (SSSR count). The third-order valence-electron chi connectivity index (χ3n) is 3.46. The van der Waals surface area contributed by atoms with Crippen LogP contribution in [0.2, 0.25) is 0 Å². The van der Waals surface area contributed by atoms with Crippen LogP contribution in [0.1, 0.15) is 19.8 Å². The molecule has 1 heterocycles. The van der Waals surface area contributed by atoms with Gasteiger partial charge in [-0.1, -0.05) is 6.07 Å². The number of benzene rings is 1. The fourth-order valence-electron chi connectivity index (χ4n) is 2.15. The van der Waals surface area contributed by atoms with Crippen LogP contribution in [0.3, 0.4) is 0 Å². The van der Waals surface area contributed by atoms with E-state index in [-0.39, 0.29) is 6.10 Å². The molecule has 3 nitrogen and oxygen atoms in total. The molecule has 1 aromatic carbocycles. The number of aliphatic hydroxyl groups is 1. The van der Waals surface area contributed by atoms with Crippen molar-refractivity contribution in [3.63, 3.8) is 0 Å². The molecule has 1 saturated carbocycles. The van der Waals surface area contributed by atoms with Gasteiger partial charge < -0.3 is 9.84 Å². The van der Waals surface area contributed by atoms with Crippen molar-refractivity contribution in [1.82, 2.24) is 4.98 Å². The van der Waals surface area contributed by atoms with E-state index in [0.717, 1.165) is 29.5 Å². The maximum atomic E-state index is 9.91. The molecule has 0 spiro atoms. The van der Waals surface area contributed by atoms with Crippen molar-refractivity contribution in [2.45, 2.75) is 31.5 Å². The van der Waals surface area contributed by atoms with Crippen LogP contribution < -0.4 is 4.74 Å². The molecule has 2 atom stereocenters. The Labute approximate surface area is 100 Å². The lowest BCUT2D eigenvalue weighted by Crippen LogP contribution is -2.52. The minimum absolute atomic E-state index is 0.0938. The zero-order valence-electron chi connectivity index (χ0n) is 9.76. The Morgan fingerprint density at radius 1 is 1.41 bits per heavy atom. The van der Waals surface area contributed by atoms with Crippen LogP contribution in [0.4, 0.5) is 0 Å². The van der Waals surface area contributed by atoms with Gasteiger partial charge in [-0.25, -0.2) is 0 Å². The first-order valence-electron chi connectivity index (χ1n) is 5.89. The molecule has 3 heteroatoms. The van der Waals surface area contributed by atoms with E-state index in [0.29, 0.717) is 0 Å². The first kappa shape index (κ1) is 10.5. The van der Waals surface area contributed by atoms with E-state index in [1.54, 1.807) is 6.20 Å². The highest BCUT2D eigenvalue weighted by Crippen LogP contribution is 2.35.